The SMILES string of the molecule is COc1ccc2[nH]cc(CCNC(=O)CN3CCC(Cn4c(COc5ccccc5)nc5ccccc54)CC3)c2c1. The van der Waals surface area contributed by atoms with E-state index in [-0.39, 0.29) is 5.91 Å². The maximum Gasteiger partial charge on any atom is 0.234 e. The van der Waals surface area contributed by atoms with Crippen LogP contribution in [0.2, 0.25) is 0 Å². The monoisotopic (exact) mass is 551 g/mol. The van der Waals surface area contributed by atoms with Gasteiger partial charge in [0.05, 0.1) is 24.7 Å². The van der Waals surface area contributed by atoms with Crippen LogP contribution in [0.15, 0.2) is 79.0 Å². The number of ether oxygens (including phenoxy) is 2. The molecule has 0 bridgehead atoms. The zero-order chi connectivity index (χ0) is 28.0. The highest BCUT2D eigenvalue weighted by atomic mass is 16.5. The van der Waals surface area contributed by atoms with Crippen LogP contribution in [0.4, 0.5) is 0 Å². The zero-order valence-electron chi connectivity index (χ0n) is 23.5. The highest BCUT2D eigenvalue weighted by Crippen LogP contribution is 2.25. The Morgan fingerprint density at radius 1 is 1.02 bits per heavy atom. The Bertz CT molecular complexity index is 1600. The number of hydrogen-bond donors (Lipinski definition) is 2. The lowest BCUT2D eigenvalue weighted by Crippen LogP contribution is -2.42. The van der Waals surface area contributed by atoms with Gasteiger partial charge in [-0.3, -0.25) is 9.69 Å². The molecular weight excluding hydrogens is 514 g/mol. The maximum atomic E-state index is 12.7. The number of aromatic amines is 1. The Morgan fingerprint density at radius 3 is 2.66 bits per heavy atom. The van der Waals surface area contributed by atoms with Crippen molar-refractivity contribution in [2.24, 2.45) is 5.92 Å². The summed E-state index contributed by atoms with van der Waals surface area (Å²) in [6, 6.07) is 24.2. The molecule has 212 valence electrons. The Labute approximate surface area is 240 Å². The molecule has 6 rings (SSSR count). The second-order valence-electron chi connectivity index (χ2n) is 10.8. The maximum absolute atomic E-state index is 12.7. The van der Waals surface area contributed by atoms with Crippen LogP contribution in [-0.2, 0) is 24.4 Å². The van der Waals surface area contributed by atoms with Crippen molar-refractivity contribution >= 4 is 27.8 Å². The Morgan fingerprint density at radius 2 is 1.83 bits per heavy atom. The minimum Gasteiger partial charge on any atom is -0.497 e. The van der Waals surface area contributed by atoms with Gasteiger partial charge in [0.25, 0.3) is 0 Å². The minimum atomic E-state index is 0.0850. The summed E-state index contributed by atoms with van der Waals surface area (Å²) >= 11 is 0. The van der Waals surface area contributed by atoms with Crippen molar-refractivity contribution in [1.82, 2.24) is 24.8 Å². The number of aromatic nitrogens is 3. The van der Waals surface area contributed by atoms with E-state index in [1.54, 1.807) is 7.11 Å². The third-order valence-corrected chi connectivity index (χ3v) is 8.05. The smallest absolute Gasteiger partial charge is 0.234 e. The number of carbonyl (C=O) groups excluding carboxylic acids is 1. The first-order chi connectivity index (χ1) is 20.2. The molecule has 0 saturated carbocycles. The lowest BCUT2D eigenvalue weighted by molar-refractivity contribution is -0.122. The first-order valence-electron chi connectivity index (χ1n) is 14.4. The molecule has 5 aromatic rings. The van der Waals surface area contributed by atoms with Crippen LogP contribution in [0.25, 0.3) is 21.9 Å². The van der Waals surface area contributed by atoms with Crippen LogP contribution in [-0.4, -0.2) is 58.6 Å². The number of benzene rings is 3. The van der Waals surface area contributed by atoms with Gasteiger partial charge in [0.1, 0.15) is 23.9 Å². The van der Waals surface area contributed by atoms with E-state index in [0.717, 1.165) is 78.2 Å². The van der Waals surface area contributed by atoms with Gasteiger partial charge in [0.2, 0.25) is 5.91 Å². The van der Waals surface area contributed by atoms with Gasteiger partial charge in [-0.1, -0.05) is 30.3 Å². The summed E-state index contributed by atoms with van der Waals surface area (Å²) in [5.41, 5.74) is 4.41. The number of hydrogen-bond acceptors (Lipinski definition) is 5. The van der Waals surface area contributed by atoms with Crippen LogP contribution in [0.3, 0.4) is 0 Å². The molecule has 1 fully saturated rings. The van der Waals surface area contributed by atoms with Gasteiger partial charge in [-0.05, 0) is 86.3 Å². The van der Waals surface area contributed by atoms with E-state index in [2.05, 4.69) is 38.0 Å². The predicted molar refractivity (Wildman–Crippen MR) is 161 cm³/mol. The molecular formula is C33H37N5O3. The summed E-state index contributed by atoms with van der Waals surface area (Å²) in [6.45, 7) is 4.23. The standard InChI is InChI=1S/C33H37N5O3/c1-40-27-11-12-29-28(19-27)25(20-35-29)13-16-34-33(39)22-37-17-14-24(15-18-37)21-38-31-10-6-5-9-30(31)36-32(38)23-41-26-7-3-2-4-8-26/h2-12,19-20,24,35H,13-18,21-23H2,1H3,(H,34,39). The molecule has 3 aromatic carbocycles. The molecule has 0 atom stereocenters. The fourth-order valence-electron chi connectivity index (χ4n) is 5.78. The lowest BCUT2D eigenvalue weighted by atomic mass is 9.96. The molecule has 0 radical (unpaired) electrons. The second kappa shape index (κ2) is 12.5. The van der Waals surface area contributed by atoms with E-state index < -0.39 is 0 Å². The van der Waals surface area contributed by atoms with Crippen LogP contribution in [0.5, 0.6) is 11.5 Å². The van der Waals surface area contributed by atoms with Crippen molar-refractivity contribution in [3.05, 3.63) is 90.4 Å². The third kappa shape index (κ3) is 6.38. The van der Waals surface area contributed by atoms with Crippen LogP contribution >= 0.6 is 0 Å². The Balaban J connectivity index is 0.992. The molecule has 8 nitrogen and oxygen atoms in total. The molecule has 1 saturated heterocycles. The number of fused-ring (bicyclic) bond motifs is 2. The predicted octanol–water partition coefficient (Wildman–Crippen LogP) is 5.18. The highest BCUT2D eigenvalue weighted by molar-refractivity contribution is 5.85. The molecule has 0 aliphatic carbocycles. The minimum absolute atomic E-state index is 0.0850. The quantitative estimate of drug-likeness (QED) is 0.237. The van der Waals surface area contributed by atoms with E-state index in [9.17, 15) is 4.79 Å². The summed E-state index contributed by atoms with van der Waals surface area (Å²) in [6.07, 6.45) is 4.89. The van der Waals surface area contributed by atoms with Gasteiger partial charge in [0.15, 0.2) is 0 Å². The average Bonchev–Trinajstić information content (AvgIpc) is 3.58. The fourth-order valence-corrected chi connectivity index (χ4v) is 5.78. The summed E-state index contributed by atoms with van der Waals surface area (Å²) in [4.78, 5) is 23.2. The molecule has 8 heteroatoms. The van der Waals surface area contributed by atoms with Gasteiger partial charge >= 0.3 is 0 Å². The van der Waals surface area contributed by atoms with E-state index in [4.69, 9.17) is 14.5 Å². The molecule has 41 heavy (non-hydrogen) atoms. The van der Waals surface area contributed by atoms with Crippen molar-refractivity contribution in [2.75, 3.05) is 33.3 Å². The van der Waals surface area contributed by atoms with E-state index in [0.29, 0.717) is 25.6 Å². The average molecular weight is 552 g/mol. The van der Waals surface area contributed by atoms with Gasteiger partial charge < -0.3 is 24.3 Å². The zero-order valence-corrected chi connectivity index (χ0v) is 23.5. The second-order valence-corrected chi connectivity index (χ2v) is 10.8. The Kier molecular flexibility index (Phi) is 8.18. The number of para-hydroxylation sites is 3. The van der Waals surface area contributed by atoms with Crippen LogP contribution in [0.1, 0.15) is 24.2 Å². The summed E-state index contributed by atoms with van der Waals surface area (Å²) in [5, 5.41) is 4.25. The molecule has 0 spiro atoms. The van der Waals surface area contributed by atoms with Crippen molar-refractivity contribution in [1.29, 1.82) is 0 Å². The number of imidazole rings is 1. The summed E-state index contributed by atoms with van der Waals surface area (Å²) < 4.78 is 13.7. The van der Waals surface area contributed by atoms with Crippen LogP contribution < -0.4 is 14.8 Å². The lowest BCUT2D eigenvalue weighted by Gasteiger charge is -2.32. The van der Waals surface area contributed by atoms with E-state index in [1.165, 1.54) is 5.56 Å². The first kappa shape index (κ1) is 26.9. The normalized spacial score (nSPS) is 14.5. The highest BCUT2D eigenvalue weighted by Gasteiger charge is 2.23. The van der Waals surface area contributed by atoms with E-state index >= 15 is 0 Å². The van der Waals surface area contributed by atoms with Crippen molar-refractivity contribution in [3.63, 3.8) is 0 Å². The Hall–Kier alpha value is -4.30. The molecule has 2 aromatic heterocycles. The number of nitrogens with one attached hydrogen (secondary N) is 2. The van der Waals surface area contributed by atoms with Crippen molar-refractivity contribution in [3.8, 4) is 11.5 Å². The van der Waals surface area contributed by atoms with Gasteiger partial charge in [-0.2, -0.15) is 0 Å². The largest absolute Gasteiger partial charge is 0.497 e. The van der Waals surface area contributed by atoms with Gasteiger partial charge in [0, 0.05) is 30.2 Å². The van der Waals surface area contributed by atoms with Crippen molar-refractivity contribution in [2.45, 2.75) is 32.4 Å². The molecule has 2 N–H and O–H groups in total. The number of piperidine rings is 1. The third-order valence-electron chi connectivity index (χ3n) is 8.05. The molecule has 3 heterocycles. The molecule has 1 aliphatic heterocycles. The topological polar surface area (TPSA) is 84.4 Å². The van der Waals surface area contributed by atoms with Crippen molar-refractivity contribution < 1.29 is 14.3 Å². The summed E-state index contributed by atoms with van der Waals surface area (Å²) in [5.74, 6) is 3.25. The number of likely N-dealkylation sites (tertiary alicyclic amines) is 1. The number of amides is 1. The number of rotatable bonds is 11. The van der Waals surface area contributed by atoms with Gasteiger partial charge in [-0.15, -0.1) is 0 Å². The molecule has 0 unspecified atom stereocenters. The first-order valence-corrected chi connectivity index (χ1v) is 14.4. The molecule has 1 aliphatic rings. The number of methoxy groups -OCH3 is 1. The van der Waals surface area contributed by atoms with Gasteiger partial charge in [-0.25, -0.2) is 4.98 Å². The molecule has 1 amide bonds. The number of H-pyrrole nitrogens is 1. The number of nitrogens with zero attached hydrogens (tertiary/aromatic N) is 3. The van der Waals surface area contributed by atoms with Crippen LogP contribution in [0, 0.1) is 5.92 Å². The fraction of sp³-hybridized carbons (Fsp3) is 0.333. The number of carbonyl (C=O) groups is 1. The van der Waals surface area contributed by atoms with E-state index in [1.807, 2.05) is 60.8 Å². The summed E-state index contributed by atoms with van der Waals surface area (Å²) in [7, 11) is 1.68.